The smallest absolute Gasteiger partial charge is 0.227 e. The van der Waals surface area contributed by atoms with Crippen LogP contribution in [0.5, 0.6) is 0 Å². The summed E-state index contributed by atoms with van der Waals surface area (Å²) in [6.07, 6.45) is 1.44. The molecule has 0 bridgehead atoms. The number of halogens is 1. The van der Waals surface area contributed by atoms with Crippen molar-refractivity contribution in [1.29, 1.82) is 0 Å². The largest absolute Gasteiger partial charge is 0.341 e. The molecule has 25 heavy (non-hydrogen) atoms. The highest BCUT2D eigenvalue weighted by Crippen LogP contribution is 2.20. The Morgan fingerprint density at radius 1 is 1.12 bits per heavy atom. The van der Waals surface area contributed by atoms with Gasteiger partial charge in [0.2, 0.25) is 5.91 Å². The van der Waals surface area contributed by atoms with Gasteiger partial charge in [-0.2, -0.15) is 5.10 Å². The molecule has 0 atom stereocenters. The molecule has 1 amide bonds. The van der Waals surface area contributed by atoms with E-state index in [0.29, 0.717) is 11.4 Å². The van der Waals surface area contributed by atoms with Gasteiger partial charge in [-0.1, -0.05) is 11.6 Å². The van der Waals surface area contributed by atoms with E-state index in [0.717, 1.165) is 55.2 Å². The first-order valence-corrected chi connectivity index (χ1v) is 9.11. The summed E-state index contributed by atoms with van der Waals surface area (Å²) in [6, 6.07) is 7.59. The maximum Gasteiger partial charge on any atom is 0.227 e. The summed E-state index contributed by atoms with van der Waals surface area (Å²) >= 11 is 5.97. The number of aromatic nitrogens is 2. The molecule has 134 valence electrons. The minimum Gasteiger partial charge on any atom is -0.341 e. The average molecular weight is 361 g/mol. The molecule has 1 aromatic heterocycles. The van der Waals surface area contributed by atoms with Crippen LogP contribution in [0.2, 0.25) is 5.02 Å². The highest BCUT2D eigenvalue weighted by atomic mass is 35.5. The molecule has 0 aliphatic carbocycles. The Bertz CT molecular complexity index is 754. The topological polar surface area (TPSA) is 41.4 Å². The van der Waals surface area contributed by atoms with Crippen LogP contribution in [-0.4, -0.2) is 58.7 Å². The number of amides is 1. The van der Waals surface area contributed by atoms with E-state index < -0.39 is 0 Å². The number of carbonyl (C=O) groups is 1. The van der Waals surface area contributed by atoms with Crippen LogP contribution in [0.3, 0.4) is 0 Å². The lowest BCUT2D eigenvalue weighted by Gasteiger charge is -2.20. The third-order valence-electron chi connectivity index (χ3n) is 4.91. The van der Waals surface area contributed by atoms with Crippen molar-refractivity contribution in [3.8, 4) is 5.69 Å². The van der Waals surface area contributed by atoms with Gasteiger partial charge in [-0.05, 0) is 58.1 Å². The lowest BCUT2D eigenvalue weighted by molar-refractivity contribution is -0.130. The third-order valence-corrected chi connectivity index (χ3v) is 5.16. The second-order valence-electron chi connectivity index (χ2n) is 6.75. The molecule has 1 aliphatic rings. The number of benzene rings is 1. The minimum atomic E-state index is 0.192. The van der Waals surface area contributed by atoms with E-state index in [1.165, 1.54) is 0 Å². The molecule has 1 aromatic carbocycles. The predicted octanol–water partition coefficient (Wildman–Crippen LogP) is 2.85. The van der Waals surface area contributed by atoms with Crippen LogP contribution in [0.4, 0.5) is 0 Å². The van der Waals surface area contributed by atoms with Crippen molar-refractivity contribution in [3.05, 3.63) is 46.2 Å². The van der Waals surface area contributed by atoms with E-state index >= 15 is 0 Å². The molecule has 1 aliphatic heterocycles. The van der Waals surface area contributed by atoms with Gasteiger partial charge in [0, 0.05) is 35.9 Å². The first kappa shape index (κ1) is 18.0. The van der Waals surface area contributed by atoms with E-state index in [1.54, 1.807) is 0 Å². The first-order chi connectivity index (χ1) is 12.0. The van der Waals surface area contributed by atoms with Crippen molar-refractivity contribution in [2.75, 3.05) is 33.2 Å². The SMILES string of the molecule is Cc1nn(-c2ccc(Cl)cc2)c(C)c1CC(=O)N1CCCN(C)CC1. The zero-order chi connectivity index (χ0) is 18.0. The molecule has 3 rings (SSSR count). The van der Waals surface area contributed by atoms with E-state index in [1.807, 2.05) is 47.7 Å². The maximum atomic E-state index is 12.8. The molecular weight excluding hydrogens is 336 g/mol. The zero-order valence-corrected chi connectivity index (χ0v) is 15.9. The number of hydrogen-bond acceptors (Lipinski definition) is 3. The summed E-state index contributed by atoms with van der Waals surface area (Å²) in [6.45, 7) is 7.63. The van der Waals surface area contributed by atoms with Crippen LogP contribution < -0.4 is 0 Å². The Kier molecular flexibility index (Phi) is 5.45. The number of carbonyl (C=O) groups excluding carboxylic acids is 1. The van der Waals surface area contributed by atoms with Gasteiger partial charge in [-0.3, -0.25) is 4.79 Å². The predicted molar refractivity (Wildman–Crippen MR) is 100 cm³/mol. The molecule has 6 heteroatoms. The number of hydrogen-bond donors (Lipinski definition) is 0. The van der Waals surface area contributed by atoms with Crippen LogP contribution in [0.15, 0.2) is 24.3 Å². The summed E-state index contributed by atoms with van der Waals surface area (Å²) < 4.78 is 1.89. The molecule has 1 saturated heterocycles. The zero-order valence-electron chi connectivity index (χ0n) is 15.1. The highest BCUT2D eigenvalue weighted by molar-refractivity contribution is 6.30. The van der Waals surface area contributed by atoms with Crippen molar-refractivity contribution >= 4 is 17.5 Å². The lowest BCUT2D eigenvalue weighted by atomic mass is 10.1. The van der Waals surface area contributed by atoms with Gasteiger partial charge in [0.1, 0.15) is 0 Å². The molecule has 2 heterocycles. The van der Waals surface area contributed by atoms with Crippen LogP contribution >= 0.6 is 11.6 Å². The van der Waals surface area contributed by atoms with Gasteiger partial charge in [0.15, 0.2) is 0 Å². The van der Waals surface area contributed by atoms with Gasteiger partial charge >= 0.3 is 0 Å². The number of nitrogens with zero attached hydrogens (tertiary/aromatic N) is 4. The monoisotopic (exact) mass is 360 g/mol. The standard InChI is InChI=1S/C19H25ClN4O/c1-14-18(13-19(25)23-10-4-9-22(3)11-12-23)15(2)24(21-14)17-7-5-16(20)6-8-17/h5-8H,4,9-13H2,1-3H3. The van der Waals surface area contributed by atoms with Crippen molar-refractivity contribution < 1.29 is 4.79 Å². The van der Waals surface area contributed by atoms with E-state index in [9.17, 15) is 4.79 Å². The molecule has 2 aromatic rings. The summed E-state index contributed by atoms with van der Waals surface area (Å²) in [4.78, 5) is 17.0. The number of rotatable bonds is 3. The van der Waals surface area contributed by atoms with Crippen molar-refractivity contribution in [2.45, 2.75) is 26.7 Å². The van der Waals surface area contributed by atoms with Gasteiger partial charge in [-0.15, -0.1) is 0 Å². The lowest BCUT2D eigenvalue weighted by Crippen LogP contribution is -2.35. The fourth-order valence-electron chi connectivity index (χ4n) is 3.32. The van der Waals surface area contributed by atoms with Crippen LogP contribution in [-0.2, 0) is 11.2 Å². The Labute approximate surface area is 154 Å². The van der Waals surface area contributed by atoms with Gasteiger partial charge in [0.05, 0.1) is 17.8 Å². The minimum absolute atomic E-state index is 0.192. The van der Waals surface area contributed by atoms with Gasteiger partial charge < -0.3 is 9.80 Å². The average Bonchev–Trinajstić information content (AvgIpc) is 2.76. The molecule has 0 N–H and O–H groups in total. The molecule has 5 nitrogen and oxygen atoms in total. The second-order valence-corrected chi connectivity index (χ2v) is 7.19. The van der Waals surface area contributed by atoms with E-state index in [-0.39, 0.29) is 5.91 Å². The van der Waals surface area contributed by atoms with Crippen LogP contribution in [0.1, 0.15) is 23.4 Å². The van der Waals surface area contributed by atoms with Crippen molar-refractivity contribution in [1.82, 2.24) is 19.6 Å². The number of likely N-dealkylation sites (N-methyl/N-ethyl adjacent to an activating group) is 1. The summed E-state index contributed by atoms with van der Waals surface area (Å²) in [5.74, 6) is 0.192. The molecule has 0 spiro atoms. The fraction of sp³-hybridized carbons (Fsp3) is 0.474. The highest BCUT2D eigenvalue weighted by Gasteiger charge is 2.21. The van der Waals surface area contributed by atoms with Crippen LogP contribution in [0, 0.1) is 13.8 Å². The molecule has 0 unspecified atom stereocenters. The Hall–Kier alpha value is -1.85. The quantitative estimate of drug-likeness (QED) is 0.845. The van der Waals surface area contributed by atoms with Gasteiger partial charge in [0.25, 0.3) is 0 Å². The van der Waals surface area contributed by atoms with Gasteiger partial charge in [-0.25, -0.2) is 4.68 Å². The second kappa shape index (κ2) is 7.58. The van der Waals surface area contributed by atoms with Crippen molar-refractivity contribution in [2.24, 2.45) is 0 Å². The Morgan fingerprint density at radius 2 is 1.84 bits per heavy atom. The Morgan fingerprint density at radius 3 is 2.56 bits per heavy atom. The first-order valence-electron chi connectivity index (χ1n) is 8.73. The summed E-state index contributed by atoms with van der Waals surface area (Å²) in [7, 11) is 2.11. The van der Waals surface area contributed by atoms with E-state index in [2.05, 4.69) is 17.0 Å². The summed E-state index contributed by atoms with van der Waals surface area (Å²) in [5.41, 5.74) is 3.91. The normalized spacial score (nSPS) is 16.1. The number of aryl methyl sites for hydroxylation is 1. The van der Waals surface area contributed by atoms with Crippen LogP contribution in [0.25, 0.3) is 5.69 Å². The Balaban J connectivity index is 1.78. The summed E-state index contributed by atoms with van der Waals surface area (Å²) in [5, 5.41) is 5.33. The van der Waals surface area contributed by atoms with E-state index in [4.69, 9.17) is 11.6 Å². The third kappa shape index (κ3) is 4.05. The maximum absolute atomic E-state index is 12.8. The molecule has 0 radical (unpaired) electrons. The molecule has 1 fully saturated rings. The molecular formula is C19H25ClN4O. The van der Waals surface area contributed by atoms with Crippen molar-refractivity contribution in [3.63, 3.8) is 0 Å². The molecule has 0 saturated carbocycles. The fourth-order valence-corrected chi connectivity index (χ4v) is 3.45.